The molecule has 2 heterocycles. The molecule has 2 aromatic heterocycles. The highest BCUT2D eigenvalue weighted by Crippen LogP contribution is 2.48. The zero-order chi connectivity index (χ0) is 62.5. The maximum Gasteiger partial charge on any atom is 0.489 e. The van der Waals surface area contributed by atoms with Crippen molar-refractivity contribution in [1.29, 1.82) is 0 Å². The average molecular weight is 1280 g/mol. The minimum atomic E-state index is -1.52. The lowest BCUT2D eigenvalue weighted by atomic mass is 9.72. The van der Waals surface area contributed by atoms with Gasteiger partial charge in [0.05, 0.1) is 0 Å². The Labute approximate surface area is 556 Å². The molecule has 18 aromatic carbocycles. The first kappa shape index (κ1) is 57.5. The largest absolute Gasteiger partial charge is 0.489 e. The van der Waals surface area contributed by atoms with Crippen molar-refractivity contribution in [3.05, 3.63) is 320 Å². The molecule has 0 radical (unpaired) electrons. The van der Waals surface area contributed by atoms with E-state index >= 15 is 0 Å². The number of furan rings is 2. The summed E-state index contributed by atoms with van der Waals surface area (Å²) in [5.74, 6) is 0. The van der Waals surface area contributed by atoms with Crippen molar-refractivity contribution in [2.24, 2.45) is 0 Å². The molecule has 6 heteroatoms. The molecule has 0 saturated heterocycles. The van der Waals surface area contributed by atoms with Gasteiger partial charge in [-0.05, 0) is 178 Å². The summed E-state index contributed by atoms with van der Waals surface area (Å²) in [6, 6.07) is 111. The van der Waals surface area contributed by atoms with E-state index in [1.54, 1.807) is 0 Å². The molecule has 20 aromatic rings. The normalized spacial score (nSPS) is 11.7. The van der Waals surface area contributed by atoms with Gasteiger partial charge >= 0.3 is 7.12 Å². The van der Waals surface area contributed by atoms with Gasteiger partial charge in [0.1, 0.15) is 22.3 Å². The standard InChI is InChI=1S/C44H26O.C24H17BO2.C20H11BrO.CH4/c1-2-12-28-25-29(22-21-27(28)11-1)41-34-16-6-8-18-36(34)42(37-19-9-7-17-35(37)41)30-23-24-40-39(26-30)43-33-15-5-3-13-31(33)32-14-4-10-20-38(32)44(43)45-40;26-25(27)24-21-11-5-3-9-19(21)23(20-10-4-6-12-22(20)24)18-14-13-16-7-1-2-8-17(16)15-18;21-12-9-10-18-17(11-12)19-15-7-3-1-5-13(15)14-6-2-4-8-16(14)20(19)22-18;/h1-26H;1-15,26-27H;1-11H;1H4. The number of fused-ring (bicyclic) bond motifs is 22. The van der Waals surface area contributed by atoms with Crippen LogP contribution in [-0.2, 0) is 0 Å². The second kappa shape index (κ2) is 23.3. The zero-order valence-corrected chi connectivity index (χ0v) is 52.3. The van der Waals surface area contributed by atoms with Gasteiger partial charge in [0.15, 0.2) is 0 Å². The molecule has 0 saturated carbocycles. The van der Waals surface area contributed by atoms with Crippen LogP contribution in [-0.4, -0.2) is 17.2 Å². The lowest BCUT2D eigenvalue weighted by Gasteiger charge is -2.18. The van der Waals surface area contributed by atoms with Gasteiger partial charge < -0.3 is 18.9 Å². The molecule has 0 fully saturated rings. The summed E-state index contributed by atoms with van der Waals surface area (Å²) in [6.07, 6.45) is 0. The lowest BCUT2D eigenvalue weighted by Crippen LogP contribution is -2.31. The van der Waals surface area contributed by atoms with Gasteiger partial charge in [-0.1, -0.05) is 296 Å². The number of hydrogen-bond acceptors (Lipinski definition) is 4. The fourth-order valence-electron chi connectivity index (χ4n) is 15.1. The maximum absolute atomic E-state index is 10.1. The van der Waals surface area contributed by atoms with Gasteiger partial charge in [-0.3, -0.25) is 0 Å². The number of hydrogen-bond donors (Lipinski definition) is 2. The fraction of sp³-hybridized carbons (Fsp3) is 0.0112. The molecule has 0 spiro atoms. The smallest absolute Gasteiger partial charge is 0.455 e. The molecule has 0 aliphatic heterocycles. The fourth-order valence-corrected chi connectivity index (χ4v) is 15.5. The van der Waals surface area contributed by atoms with Crippen molar-refractivity contribution in [1.82, 2.24) is 0 Å². The van der Waals surface area contributed by atoms with E-state index in [0.29, 0.717) is 5.46 Å². The minimum absolute atomic E-state index is 0. The van der Waals surface area contributed by atoms with E-state index in [9.17, 15) is 10.0 Å². The second-order valence-corrected chi connectivity index (χ2v) is 25.3. The predicted molar refractivity (Wildman–Crippen MR) is 410 cm³/mol. The summed E-state index contributed by atoms with van der Waals surface area (Å²) in [5.41, 5.74) is 11.6. The summed E-state index contributed by atoms with van der Waals surface area (Å²) in [5, 5.41) is 48.3. The highest BCUT2D eigenvalue weighted by molar-refractivity contribution is 9.10. The molecule has 0 atom stereocenters. The highest BCUT2D eigenvalue weighted by Gasteiger charge is 2.24. The highest BCUT2D eigenvalue weighted by atomic mass is 79.9. The third-order valence-electron chi connectivity index (χ3n) is 19.2. The van der Waals surface area contributed by atoms with Crippen molar-refractivity contribution in [2.45, 2.75) is 7.43 Å². The predicted octanol–water partition coefficient (Wildman–Crippen LogP) is 24.5. The number of rotatable bonds is 4. The molecule has 448 valence electrons. The lowest BCUT2D eigenvalue weighted by molar-refractivity contribution is 0.426. The molecule has 95 heavy (non-hydrogen) atoms. The Morgan fingerprint density at radius 1 is 0.242 bits per heavy atom. The van der Waals surface area contributed by atoms with Crippen molar-refractivity contribution in [2.75, 3.05) is 0 Å². The van der Waals surface area contributed by atoms with Gasteiger partial charge in [0.25, 0.3) is 0 Å². The van der Waals surface area contributed by atoms with E-state index in [2.05, 4.69) is 271 Å². The SMILES string of the molecule is Brc1ccc2oc3c4ccccc4c4ccccc4c3c2c1.C.OB(O)c1c2ccccc2c(-c2ccc3ccccc3c2)c2ccccc12.c1ccc2cc(-c3c4ccccc4c(-c4ccc5oc6c7ccccc7c7ccccc7c6c5c4)c4ccccc34)ccc2c1. The molecule has 0 aliphatic carbocycles. The second-order valence-electron chi connectivity index (χ2n) is 24.4. The van der Waals surface area contributed by atoms with Crippen LogP contribution >= 0.6 is 15.9 Å². The topological polar surface area (TPSA) is 66.7 Å². The van der Waals surface area contributed by atoms with E-state index in [1.807, 2.05) is 60.7 Å². The molecule has 0 amide bonds. The molecule has 20 rings (SSSR count). The van der Waals surface area contributed by atoms with Gasteiger partial charge in [-0.25, -0.2) is 0 Å². The van der Waals surface area contributed by atoms with Crippen molar-refractivity contribution < 1.29 is 18.9 Å². The van der Waals surface area contributed by atoms with Crippen molar-refractivity contribution >= 4 is 180 Å². The van der Waals surface area contributed by atoms with Crippen molar-refractivity contribution in [3.63, 3.8) is 0 Å². The summed E-state index contributed by atoms with van der Waals surface area (Å²) >= 11 is 3.57. The molecule has 4 nitrogen and oxygen atoms in total. The van der Waals surface area contributed by atoms with Gasteiger partial charge in [0, 0.05) is 36.8 Å². The van der Waals surface area contributed by atoms with Gasteiger partial charge in [-0.2, -0.15) is 0 Å². The van der Waals surface area contributed by atoms with E-state index in [-0.39, 0.29) is 7.43 Å². The van der Waals surface area contributed by atoms with E-state index in [1.165, 1.54) is 114 Å². The van der Waals surface area contributed by atoms with Crippen LogP contribution in [0.4, 0.5) is 0 Å². The van der Waals surface area contributed by atoms with E-state index in [4.69, 9.17) is 8.83 Å². The van der Waals surface area contributed by atoms with Crippen LogP contribution in [0.15, 0.2) is 329 Å². The average Bonchev–Trinajstić information content (AvgIpc) is 1.72. The zero-order valence-electron chi connectivity index (χ0n) is 50.7. The summed E-state index contributed by atoms with van der Waals surface area (Å²) in [4.78, 5) is 0. The van der Waals surface area contributed by atoms with Crippen LogP contribution in [0, 0.1) is 0 Å². The molecular weight excluding hydrogens is 1220 g/mol. The quantitative estimate of drug-likeness (QED) is 0.105. The third kappa shape index (κ3) is 9.43. The summed E-state index contributed by atoms with van der Waals surface area (Å²) < 4.78 is 13.9. The molecule has 0 aliphatic rings. The minimum Gasteiger partial charge on any atom is -0.455 e. The van der Waals surface area contributed by atoms with Crippen LogP contribution < -0.4 is 5.46 Å². The monoisotopic (exact) mass is 1280 g/mol. The number of halogens is 1. The number of benzene rings is 18. The Morgan fingerprint density at radius 3 is 0.926 bits per heavy atom. The van der Waals surface area contributed by atoms with Crippen LogP contribution in [0.25, 0.3) is 185 Å². The van der Waals surface area contributed by atoms with E-state index in [0.717, 1.165) is 75.6 Å². The maximum atomic E-state index is 10.1. The van der Waals surface area contributed by atoms with Crippen molar-refractivity contribution in [3.8, 4) is 33.4 Å². The summed E-state index contributed by atoms with van der Waals surface area (Å²) in [7, 11) is -1.52. The Bertz CT molecular complexity index is 6380. The first-order valence-electron chi connectivity index (χ1n) is 31.8. The van der Waals surface area contributed by atoms with E-state index < -0.39 is 7.12 Å². The molecule has 0 bridgehead atoms. The Hall–Kier alpha value is -11.4. The first-order chi connectivity index (χ1) is 46.4. The Balaban J connectivity index is 0.000000117. The third-order valence-corrected chi connectivity index (χ3v) is 19.7. The van der Waals surface area contributed by atoms with Gasteiger partial charge in [-0.15, -0.1) is 0 Å². The molecule has 0 unspecified atom stereocenters. The summed E-state index contributed by atoms with van der Waals surface area (Å²) in [6.45, 7) is 0. The van der Waals surface area contributed by atoms with Crippen LogP contribution in [0.5, 0.6) is 0 Å². The van der Waals surface area contributed by atoms with Crippen LogP contribution in [0.1, 0.15) is 7.43 Å². The van der Waals surface area contributed by atoms with Gasteiger partial charge in [0.2, 0.25) is 0 Å². The van der Waals surface area contributed by atoms with Crippen LogP contribution in [0.2, 0.25) is 0 Å². The molecule has 2 N–H and O–H groups in total. The molecular formula is C89H58BBrO4. The first-order valence-corrected chi connectivity index (χ1v) is 32.6. The Morgan fingerprint density at radius 2 is 0.526 bits per heavy atom. The van der Waals surface area contributed by atoms with Crippen LogP contribution in [0.3, 0.4) is 0 Å². The Kier molecular flexibility index (Phi) is 14.1.